The normalized spacial score (nSPS) is 33.3. The number of halogens is 2. The second-order valence-corrected chi connectivity index (χ2v) is 6.17. The second-order valence-electron chi connectivity index (χ2n) is 3.28. The van der Waals surface area contributed by atoms with Gasteiger partial charge in [0.05, 0.1) is 0 Å². The Morgan fingerprint density at radius 1 is 0.833 bits per heavy atom. The zero-order valence-electron chi connectivity index (χ0n) is 7.37. The molecule has 2 unspecified atom stereocenters. The molecule has 0 fully saturated rings. The average molecular weight is 294 g/mol. The van der Waals surface area contributed by atoms with Crippen LogP contribution in [0.4, 0.5) is 0 Å². The first-order chi connectivity index (χ1) is 5.61. The lowest BCUT2D eigenvalue weighted by molar-refractivity contribution is 0.722. The highest BCUT2D eigenvalue weighted by molar-refractivity contribution is 9.09. The van der Waals surface area contributed by atoms with E-state index in [2.05, 4.69) is 70.0 Å². The summed E-state index contributed by atoms with van der Waals surface area (Å²) < 4.78 is 0. The Bertz CT molecular complexity index is 158. The van der Waals surface area contributed by atoms with Crippen LogP contribution in [-0.4, -0.2) is 9.65 Å². The van der Waals surface area contributed by atoms with Crippen LogP contribution in [-0.2, 0) is 0 Å². The minimum absolute atomic E-state index is 0.539. The van der Waals surface area contributed by atoms with E-state index in [9.17, 15) is 0 Å². The first-order valence-corrected chi connectivity index (χ1v) is 6.09. The summed E-state index contributed by atoms with van der Waals surface area (Å²) in [5.74, 6) is 1.12. The Balaban J connectivity index is 2.54. The third-order valence-electron chi connectivity index (χ3n) is 2.17. The van der Waals surface area contributed by atoms with Crippen LogP contribution in [0.2, 0.25) is 0 Å². The molecule has 0 N–H and O–H groups in total. The Hall–Kier alpha value is 0.440. The summed E-state index contributed by atoms with van der Waals surface area (Å²) in [6, 6.07) is 0. The van der Waals surface area contributed by atoms with Gasteiger partial charge in [0, 0.05) is 21.5 Å². The topological polar surface area (TPSA) is 0 Å². The molecule has 1 aliphatic carbocycles. The van der Waals surface area contributed by atoms with Crippen molar-refractivity contribution in [1.29, 1.82) is 0 Å². The van der Waals surface area contributed by atoms with Gasteiger partial charge in [-0.15, -0.1) is 0 Å². The van der Waals surface area contributed by atoms with E-state index in [4.69, 9.17) is 0 Å². The molecule has 0 bridgehead atoms. The molecule has 1 aliphatic rings. The summed E-state index contributed by atoms with van der Waals surface area (Å²) in [5, 5.41) is 0. The largest absolute Gasteiger partial charge is 0.0884 e. The van der Waals surface area contributed by atoms with E-state index < -0.39 is 0 Å². The van der Waals surface area contributed by atoms with Crippen LogP contribution in [0.5, 0.6) is 0 Å². The van der Waals surface area contributed by atoms with Crippen LogP contribution in [0.3, 0.4) is 0 Å². The highest BCUT2D eigenvalue weighted by Gasteiger charge is 2.15. The summed E-state index contributed by atoms with van der Waals surface area (Å²) in [5.41, 5.74) is 0. The molecule has 68 valence electrons. The third-order valence-corrected chi connectivity index (χ3v) is 3.39. The maximum absolute atomic E-state index is 3.58. The van der Waals surface area contributed by atoms with E-state index >= 15 is 0 Å². The van der Waals surface area contributed by atoms with Gasteiger partial charge in [-0.1, -0.05) is 70.0 Å². The summed E-state index contributed by atoms with van der Waals surface area (Å²) in [6.07, 6.45) is 9.12. The lowest BCUT2D eigenvalue weighted by Crippen LogP contribution is -2.13. The van der Waals surface area contributed by atoms with Gasteiger partial charge < -0.3 is 0 Å². The van der Waals surface area contributed by atoms with Crippen LogP contribution in [0.25, 0.3) is 0 Å². The molecule has 0 amide bonds. The van der Waals surface area contributed by atoms with Crippen LogP contribution in [0, 0.1) is 11.8 Å². The molecule has 0 heterocycles. The highest BCUT2D eigenvalue weighted by Crippen LogP contribution is 2.25. The van der Waals surface area contributed by atoms with Gasteiger partial charge in [-0.05, 0) is 0 Å². The van der Waals surface area contributed by atoms with Crippen molar-refractivity contribution in [2.75, 3.05) is 0 Å². The van der Waals surface area contributed by atoms with E-state index in [-0.39, 0.29) is 0 Å². The predicted octanol–water partition coefficient (Wildman–Crippen LogP) is 3.91. The standard InChI is InChI=1S/C10H14Br2/c1-7(11)9-3-5-10(6-4-9)8(2)12/h3-10H,1-2H3. The van der Waals surface area contributed by atoms with Crippen molar-refractivity contribution in [2.24, 2.45) is 11.8 Å². The molecule has 1 rings (SSSR count). The fourth-order valence-electron chi connectivity index (χ4n) is 1.25. The Kier molecular flexibility index (Phi) is 4.04. The van der Waals surface area contributed by atoms with Crippen molar-refractivity contribution in [2.45, 2.75) is 23.5 Å². The summed E-state index contributed by atoms with van der Waals surface area (Å²) in [4.78, 5) is 1.08. The van der Waals surface area contributed by atoms with Crippen molar-refractivity contribution >= 4 is 31.9 Å². The smallest absolute Gasteiger partial charge is 0.0214 e. The molecule has 0 saturated carbocycles. The fourth-order valence-corrected chi connectivity index (χ4v) is 1.96. The maximum Gasteiger partial charge on any atom is 0.0214 e. The van der Waals surface area contributed by atoms with E-state index in [1.165, 1.54) is 0 Å². The molecule has 2 heteroatoms. The number of hydrogen-bond donors (Lipinski definition) is 0. The van der Waals surface area contributed by atoms with Crippen LogP contribution >= 0.6 is 31.9 Å². The van der Waals surface area contributed by atoms with E-state index in [0.29, 0.717) is 21.5 Å². The van der Waals surface area contributed by atoms with Crippen molar-refractivity contribution in [1.82, 2.24) is 0 Å². The molecule has 0 saturated heterocycles. The molecule has 0 spiro atoms. The van der Waals surface area contributed by atoms with E-state index in [0.717, 1.165) is 0 Å². The highest BCUT2D eigenvalue weighted by atomic mass is 79.9. The van der Waals surface area contributed by atoms with Crippen LogP contribution in [0.1, 0.15) is 13.8 Å². The number of alkyl halides is 2. The Morgan fingerprint density at radius 2 is 1.08 bits per heavy atom. The second kappa shape index (κ2) is 4.61. The van der Waals surface area contributed by atoms with Crippen molar-refractivity contribution < 1.29 is 0 Å². The van der Waals surface area contributed by atoms with Gasteiger partial charge in [0.25, 0.3) is 0 Å². The molecule has 12 heavy (non-hydrogen) atoms. The molecule has 2 atom stereocenters. The molecule has 0 aliphatic heterocycles. The quantitative estimate of drug-likeness (QED) is 0.535. The number of allylic oxidation sites excluding steroid dienone is 4. The van der Waals surface area contributed by atoms with E-state index in [1.807, 2.05) is 0 Å². The average Bonchev–Trinajstić information content (AvgIpc) is 2.04. The number of rotatable bonds is 2. The molecule has 0 nitrogen and oxygen atoms in total. The fraction of sp³-hybridized carbons (Fsp3) is 0.600. The van der Waals surface area contributed by atoms with Gasteiger partial charge in [0.15, 0.2) is 0 Å². The first kappa shape index (κ1) is 10.5. The van der Waals surface area contributed by atoms with Crippen molar-refractivity contribution in [3.05, 3.63) is 24.3 Å². The third kappa shape index (κ3) is 2.74. The molecule has 0 aromatic rings. The summed E-state index contributed by atoms with van der Waals surface area (Å²) in [6.45, 7) is 4.36. The van der Waals surface area contributed by atoms with Crippen LogP contribution in [0.15, 0.2) is 24.3 Å². The van der Waals surface area contributed by atoms with Crippen molar-refractivity contribution in [3.63, 3.8) is 0 Å². The lowest BCUT2D eigenvalue weighted by atomic mass is 9.93. The Labute approximate surface area is 91.4 Å². The van der Waals surface area contributed by atoms with Gasteiger partial charge in [0.2, 0.25) is 0 Å². The summed E-state index contributed by atoms with van der Waals surface area (Å²) >= 11 is 7.16. The minimum atomic E-state index is 0.539. The van der Waals surface area contributed by atoms with Crippen LogP contribution < -0.4 is 0 Å². The van der Waals surface area contributed by atoms with Gasteiger partial charge in [0.1, 0.15) is 0 Å². The van der Waals surface area contributed by atoms with Gasteiger partial charge in [-0.3, -0.25) is 0 Å². The monoisotopic (exact) mass is 292 g/mol. The molecular formula is C10H14Br2. The van der Waals surface area contributed by atoms with Gasteiger partial charge >= 0.3 is 0 Å². The molecule has 0 aromatic carbocycles. The van der Waals surface area contributed by atoms with Gasteiger partial charge in [-0.25, -0.2) is 0 Å². The zero-order valence-corrected chi connectivity index (χ0v) is 10.5. The summed E-state index contributed by atoms with van der Waals surface area (Å²) in [7, 11) is 0. The molecule has 0 radical (unpaired) electrons. The Morgan fingerprint density at radius 3 is 1.25 bits per heavy atom. The lowest BCUT2D eigenvalue weighted by Gasteiger charge is -2.19. The zero-order chi connectivity index (χ0) is 9.14. The molecular weight excluding hydrogens is 280 g/mol. The van der Waals surface area contributed by atoms with E-state index in [1.54, 1.807) is 0 Å². The minimum Gasteiger partial charge on any atom is -0.0884 e. The molecule has 0 aromatic heterocycles. The van der Waals surface area contributed by atoms with Gasteiger partial charge in [-0.2, -0.15) is 0 Å². The maximum atomic E-state index is 3.58. The SMILES string of the molecule is CC(Br)C1C=CC(C(C)Br)C=C1. The first-order valence-electron chi connectivity index (χ1n) is 4.26. The predicted molar refractivity (Wildman–Crippen MR) is 62.0 cm³/mol. The van der Waals surface area contributed by atoms with Crippen molar-refractivity contribution in [3.8, 4) is 0 Å². The number of hydrogen-bond acceptors (Lipinski definition) is 0.